The van der Waals surface area contributed by atoms with E-state index < -0.39 is 4.92 Å². The van der Waals surface area contributed by atoms with Gasteiger partial charge in [0.25, 0.3) is 5.69 Å². The molecule has 0 amide bonds. The molecule has 1 aliphatic heterocycles. The molecule has 3 aromatic heterocycles. The summed E-state index contributed by atoms with van der Waals surface area (Å²) in [6.07, 6.45) is 5.39. The highest BCUT2D eigenvalue weighted by Gasteiger charge is 2.42. The third-order valence-electron chi connectivity index (χ3n) is 6.54. The largest absolute Gasteiger partial charge is 0.351 e. The summed E-state index contributed by atoms with van der Waals surface area (Å²) < 4.78 is 2.04. The number of hydrogen-bond donors (Lipinski definition) is 1. The van der Waals surface area contributed by atoms with Crippen LogP contribution < -0.4 is 10.2 Å². The number of pyridine rings is 2. The number of nitro groups is 1. The van der Waals surface area contributed by atoms with Crippen molar-refractivity contribution >= 4 is 52.1 Å². The number of thiocarbonyl (C=S) groups is 1. The highest BCUT2D eigenvalue weighted by atomic mass is 35.5. The van der Waals surface area contributed by atoms with Crippen LogP contribution in [0.15, 0.2) is 119 Å². The van der Waals surface area contributed by atoms with E-state index in [1.165, 1.54) is 23.9 Å². The second-order valence-electron chi connectivity index (χ2n) is 8.98. The van der Waals surface area contributed by atoms with Gasteiger partial charge in [0.2, 0.25) is 0 Å². The Hall–Kier alpha value is -4.25. The van der Waals surface area contributed by atoms with Crippen LogP contribution in [0.2, 0.25) is 5.02 Å². The first kappa shape index (κ1) is 26.0. The summed E-state index contributed by atoms with van der Waals surface area (Å²) in [5.74, 6) is 0.747. The van der Waals surface area contributed by atoms with Crippen LogP contribution in [0.3, 0.4) is 0 Å². The molecule has 11 heteroatoms. The van der Waals surface area contributed by atoms with Crippen LogP contribution in [0.25, 0.3) is 5.82 Å². The van der Waals surface area contributed by atoms with Crippen LogP contribution in [0.1, 0.15) is 23.5 Å². The van der Waals surface area contributed by atoms with E-state index in [0.717, 1.165) is 32.7 Å². The molecule has 198 valence electrons. The van der Waals surface area contributed by atoms with Gasteiger partial charge >= 0.3 is 0 Å². The maximum absolute atomic E-state index is 11.0. The predicted molar refractivity (Wildman–Crippen MR) is 160 cm³/mol. The first-order valence-electron chi connectivity index (χ1n) is 12.3. The molecule has 0 radical (unpaired) electrons. The standard InChI is InChI=1S/C29H21ClN6O2S2/c30-19-6-15-26(32-18-19)34-17-3-5-25(34)28-27(24-4-1-2-16-31-24)33-29(39)35(28)20-7-11-22(12-8-20)40-23-13-9-21(10-14-23)36(37)38/h1-18,27-28H,(H,33,39)/t27-,28-/m0/s1. The van der Waals surface area contributed by atoms with Gasteiger partial charge in [-0.15, -0.1) is 0 Å². The summed E-state index contributed by atoms with van der Waals surface area (Å²) in [4.78, 5) is 23.8. The molecular formula is C29H21ClN6O2S2. The Kier molecular flexibility index (Phi) is 7.21. The Morgan fingerprint density at radius 3 is 2.33 bits per heavy atom. The number of halogens is 1. The Balaban J connectivity index is 1.35. The molecule has 1 fully saturated rings. The fourth-order valence-corrected chi connectivity index (χ4v) is 6.01. The molecule has 2 aromatic carbocycles. The van der Waals surface area contributed by atoms with Crippen molar-refractivity contribution in [3.05, 3.63) is 136 Å². The van der Waals surface area contributed by atoms with E-state index in [4.69, 9.17) is 23.8 Å². The summed E-state index contributed by atoms with van der Waals surface area (Å²) in [5, 5.41) is 15.6. The molecule has 0 unspecified atom stereocenters. The van der Waals surface area contributed by atoms with Crippen molar-refractivity contribution in [1.82, 2.24) is 19.9 Å². The fraction of sp³-hybridized carbons (Fsp3) is 0.0690. The van der Waals surface area contributed by atoms with Gasteiger partial charge in [-0.2, -0.15) is 0 Å². The van der Waals surface area contributed by atoms with E-state index in [1.54, 1.807) is 24.5 Å². The molecule has 0 saturated carbocycles. The van der Waals surface area contributed by atoms with Crippen molar-refractivity contribution in [2.24, 2.45) is 0 Å². The second-order valence-corrected chi connectivity index (χ2v) is 11.0. The molecule has 6 rings (SSSR count). The van der Waals surface area contributed by atoms with Gasteiger partial charge in [-0.25, -0.2) is 4.98 Å². The Bertz CT molecular complexity index is 1660. The van der Waals surface area contributed by atoms with Crippen molar-refractivity contribution in [2.75, 3.05) is 4.90 Å². The van der Waals surface area contributed by atoms with Crippen LogP contribution >= 0.6 is 35.6 Å². The average molecular weight is 585 g/mol. The second kappa shape index (κ2) is 11.1. The third kappa shape index (κ3) is 5.16. The highest BCUT2D eigenvalue weighted by Crippen LogP contribution is 2.42. The quantitative estimate of drug-likeness (QED) is 0.122. The zero-order valence-electron chi connectivity index (χ0n) is 20.8. The number of aromatic nitrogens is 3. The SMILES string of the molecule is O=[N+]([O-])c1ccc(Sc2ccc(N3C(=S)N[C@@H](c4ccccn4)[C@@H]3c3cccn3-c3ccc(Cl)cn3)cc2)cc1. The normalized spacial score (nSPS) is 16.6. The van der Waals surface area contributed by atoms with Gasteiger partial charge in [0, 0.05) is 51.9 Å². The van der Waals surface area contributed by atoms with Crippen molar-refractivity contribution in [1.29, 1.82) is 0 Å². The minimum Gasteiger partial charge on any atom is -0.351 e. The van der Waals surface area contributed by atoms with Crippen LogP contribution in [0, 0.1) is 10.1 Å². The van der Waals surface area contributed by atoms with Crippen LogP contribution in [-0.4, -0.2) is 24.6 Å². The first-order chi connectivity index (χ1) is 19.5. The number of hydrogen-bond acceptors (Lipinski definition) is 6. The third-order valence-corrected chi connectivity index (χ3v) is 8.09. The van der Waals surface area contributed by atoms with Gasteiger partial charge in [0.15, 0.2) is 5.11 Å². The molecule has 1 saturated heterocycles. The minimum atomic E-state index is -0.399. The zero-order valence-corrected chi connectivity index (χ0v) is 23.2. The summed E-state index contributed by atoms with van der Waals surface area (Å²) in [6.45, 7) is 0. The molecule has 1 N–H and O–H groups in total. The number of anilines is 1. The van der Waals surface area contributed by atoms with Gasteiger partial charge in [-0.05, 0) is 85.0 Å². The zero-order chi connectivity index (χ0) is 27.6. The molecule has 5 aromatic rings. The molecule has 0 spiro atoms. The molecule has 4 heterocycles. The van der Waals surface area contributed by atoms with Gasteiger partial charge in [-0.1, -0.05) is 29.4 Å². The highest BCUT2D eigenvalue weighted by molar-refractivity contribution is 7.99. The molecule has 0 aliphatic carbocycles. The monoisotopic (exact) mass is 584 g/mol. The molecule has 0 bridgehead atoms. The smallest absolute Gasteiger partial charge is 0.269 e. The van der Waals surface area contributed by atoms with Crippen molar-refractivity contribution in [2.45, 2.75) is 21.9 Å². The lowest BCUT2D eigenvalue weighted by Crippen LogP contribution is -2.30. The van der Waals surface area contributed by atoms with E-state index in [1.807, 2.05) is 71.4 Å². The Labute approximate surface area is 244 Å². The van der Waals surface area contributed by atoms with Crippen molar-refractivity contribution < 1.29 is 4.92 Å². The number of nitrogens with one attached hydrogen (secondary N) is 1. The lowest BCUT2D eigenvalue weighted by atomic mass is 10.0. The Morgan fingerprint density at radius 2 is 1.68 bits per heavy atom. The summed E-state index contributed by atoms with van der Waals surface area (Å²) in [6, 6.07) is 27.8. The molecule has 1 aliphatic rings. The van der Waals surface area contributed by atoms with Crippen molar-refractivity contribution in [3.8, 4) is 5.82 Å². The number of rotatable bonds is 7. The maximum Gasteiger partial charge on any atom is 0.269 e. The van der Waals surface area contributed by atoms with E-state index in [-0.39, 0.29) is 17.8 Å². The van der Waals surface area contributed by atoms with Crippen LogP contribution in [0.5, 0.6) is 0 Å². The number of non-ortho nitro benzene ring substituents is 1. The number of benzene rings is 2. The number of nitrogens with zero attached hydrogens (tertiary/aromatic N) is 5. The minimum absolute atomic E-state index is 0.0711. The number of nitro benzene ring substituents is 1. The maximum atomic E-state index is 11.0. The van der Waals surface area contributed by atoms with Gasteiger partial charge < -0.3 is 14.8 Å². The summed E-state index contributed by atoms with van der Waals surface area (Å²) in [5.41, 5.74) is 2.86. The Morgan fingerprint density at radius 1 is 0.925 bits per heavy atom. The van der Waals surface area contributed by atoms with Crippen LogP contribution in [-0.2, 0) is 0 Å². The van der Waals surface area contributed by atoms with Gasteiger partial charge in [0.1, 0.15) is 11.9 Å². The fourth-order valence-electron chi connectivity index (χ4n) is 4.73. The molecular weight excluding hydrogens is 564 g/mol. The van der Waals surface area contributed by atoms with E-state index >= 15 is 0 Å². The predicted octanol–water partition coefficient (Wildman–Crippen LogP) is 7.16. The molecule has 40 heavy (non-hydrogen) atoms. The lowest BCUT2D eigenvalue weighted by molar-refractivity contribution is -0.384. The first-order valence-corrected chi connectivity index (χ1v) is 13.9. The molecule has 8 nitrogen and oxygen atoms in total. The van der Waals surface area contributed by atoms with Gasteiger partial charge in [0.05, 0.1) is 21.7 Å². The average Bonchev–Trinajstić information content (AvgIpc) is 3.59. The summed E-state index contributed by atoms with van der Waals surface area (Å²) in [7, 11) is 0. The molecule has 2 atom stereocenters. The van der Waals surface area contributed by atoms with E-state index in [9.17, 15) is 10.1 Å². The summed E-state index contributed by atoms with van der Waals surface area (Å²) >= 11 is 13.5. The van der Waals surface area contributed by atoms with Crippen LogP contribution in [0.4, 0.5) is 11.4 Å². The van der Waals surface area contributed by atoms with E-state index in [2.05, 4.69) is 26.3 Å². The van der Waals surface area contributed by atoms with Gasteiger partial charge in [-0.3, -0.25) is 15.1 Å². The topological polar surface area (TPSA) is 89.1 Å². The lowest BCUT2D eigenvalue weighted by Gasteiger charge is -2.29. The van der Waals surface area contributed by atoms with Crippen molar-refractivity contribution in [3.63, 3.8) is 0 Å². The van der Waals surface area contributed by atoms with E-state index in [0.29, 0.717) is 10.1 Å².